The van der Waals surface area contributed by atoms with E-state index in [4.69, 9.17) is 4.52 Å². The van der Waals surface area contributed by atoms with Crippen molar-refractivity contribution >= 4 is 22.6 Å². The number of halogens is 1. The number of carbonyl (C=O) groups is 1. The molecule has 7 heteroatoms. The third-order valence-electron chi connectivity index (χ3n) is 5.15. The van der Waals surface area contributed by atoms with Gasteiger partial charge in [0, 0.05) is 38.2 Å². The molecule has 0 unspecified atom stereocenters. The summed E-state index contributed by atoms with van der Waals surface area (Å²) < 4.78 is 18.3. The maximum Gasteiger partial charge on any atom is 0.180 e. The summed E-state index contributed by atoms with van der Waals surface area (Å²) in [4.78, 5) is 16.7. The first-order valence-electron chi connectivity index (χ1n) is 9.44. The number of nitrogens with zero attached hydrogens (tertiary/aromatic N) is 3. The lowest BCUT2D eigenvalue weighted by Crippen LogP contribution is -2.46. The maximum absolute atomic E-state index is 12.9. The first kappa shape index (κ1) is 18.4. The number of fused-ring (bicyclic) bond motifs is 1. The Bertz CT molecular complexity index is 963. The maximum atomic E-state index is 12.9. The zero-order chi connectivity index (χ0) is 19.5. The Morgan fingerprint density at radius 1 is 1.11 bits per heavy atom. The number of phenols is 1. The number of phenolic OH excluding ortho intramolecular Hbond substituents is 1. The van der Waals surface area contributed by atoms with Crippen LogP contribution in [0.4, 0.5) is 10.2 Å². The van der Waals surface area contributed by atoms with Crippen LogP contribution in [0.15, 0.2) is 47.0 Å². The molecule has 4 rings (SSSR count). The molecule has 0 amide bonds. The van der Waals surface area contributed by atoms with Gasteiger partial charge in [-0.05, 0) is 55.4 Å². The van der Waals surface area contributed by atoms with E-state index in [1.165, 1.54) is 24.3 Å². The lowest BCUT2D eigenvalue weighted by Gasteiger charge is -2.34. The molecule has 6 nitrogen and oxygen atoms in total. The Kier molecular flexibility index (Phi) is 5.25. The number of hydrogen-bond donors (Lipinski definition) is 1. The van der Waals surface area contributed by atoms with Gasteiger partial charge in [-0.3, -0.25) is 9.69 Å². The third kappa shape index (κ3) is 3.99. The van der Waals surface area contributed by atoms with Crippen LogP contribution in [-0.4, -0.2) is 53.7 Å². The molecule has 0 radical (unpaired) electrons. The Morgan fingerprint density at radius 3 is 2.61 bits per heavy atom. The molecule has 1 aliphatic heterocycles. The van der Waals surface area contributed by atoms with Gasteiger partial charge in [-0.2, -0.15) is 0 Å². The van der Waals surface area contributed by atoms with Gasteiger partial charge >= 0.3 is 0 Å². The summed E-state index contributed by atoms with van der Waals surface area (Å²) in [6, 6.07) is 10.7. The number of carbonyl (C=O) groups excluding carboxylic acids is 1. The molecule has 1 fully saturated rings. The summed E-state index contributed by atoms with van der Waals surface area (Å²) in [6.45, 7) is 4.21. The zero-order valence-corrected chi connectivity index (χ0v) is 15.5. The van der Waals surface area contributed by atoms with Crippen molar-refractivity contribution < 1.29 is 18.8 Å². The van der Waals surface area contributed by atoms with Crippen LogP contribution in [0.1, 0.15) is 23.2 Å². The molecule has 2 heterocycles. The molecule has 1 aromatic heterocycles. The average Bonchev–Trinajstić information content (AvgIpc) is 3.12. The van der Waals surface area contributed by atoms with Gasteiger partial charge in [-0.25, -0.2) is 4.39 Å². The van der Waals surface area contributed by atoms with Crippen LogP contribution in [0.3, 0.4) is 0 Å². The molecular formula is C21H22FN3O3. The second-order valence-corrected chi connectivity index (χ2v) is 7.05. The SMILES string of the molecule is O=C(CCCN1CCN(c2noc3ccc(O)cc23)CC1)c1ccc(F)cc1. The van der Waals surface area contributed by atoms with Crippen LogP contribution in [0, 0.1) is 5.82 Å². The fraction of sp³-hybridized carbons (Fsp3) is 0.333. The van der Waals surface area contributed by atoms with E-state index in [9.17, 15) is 14.3 Å². The number of piperazine rings is 1. The normalized spacial score (nSPS) is 15.2. The summed E-state index contributed by atoms with van der Waals surface area (Å²) in [5.41, 5.74) is 1.22. The molecule has 1 aliphatic rings. The van der Waals surface area contributed by atoms with Crippen molar-refractivity contribution in [3.63, 3.8) is 0 Å². The summed E-state index contributed by atoms with van der Waals surface area (Å²) in [5.74, 6) is 0.676. The third-order valence-corrected chi connectivity index (χ3v) is 5.15. The Hall–Kier alpha value is -2.93. The minimum atomic E-state index is -0.329. The molecule has 0 saturated carbocycles. The number of aromatic hydroxyl groups is 1. The van der Waals surface area contributed by atoms with E-state index in [2.05, 4.69) is 15.0 Å². The lowest BCUT2D eigenvalue weighted by molar-refractivity contribution is 0.0974. The predicted octanol–water partition coefficient (Wildman–Crippen LogP) is 3.46. The van der Waals surface area contributed by atoms with Gasteiger partial charge < -0.3 is 14.5 Å². The minimum Gasteiger partial charge on any atom is -0.508 e. The molecule has 1 N–H and O–H groups in total. The largest absolute Gasteiger partial charge is 0.508 e. The monoisotopic (exact) mass is 383 g/mol. The van der Waals surface area contributed by atoms with E-state index < -0.39 is 0 Å². The van der Waals surface area contributed by atoms with Crippen LogP contribution < -0.4 is 4.90 Å². The highest BCUT2D eigenvalue weighted by molar-refractivity contribution is 5.96. The highest BCUT2D eigenvalue weighted by atomic mass is 19.1. The summed E-state index contributed by atoms with van der Waals surface area (Å²) in [7, 11) is 0. The van der Waals surface area contributed by atoms with Gasteiger partial charge in [0.15, 0.2) is 17.2 Å². The Morgan fingerprint density at radius 2 is 1.86 bits per heavy atom. The second-order valence-electron chi connectivity index (χ2n) is 7.05. The van der Waals surface area contributed by atoms with Gasteiger partial charge in [-0.1, -0.05) is 5.16 Å². The molecule has 0 aliphatic carbocycles. The lowest BCUT2D eigenvalue weighted by atomic mass is 10.1. The predicted molar refractivity (Wildman–Crippen MR) is 104 cm³/mol. The quantitative estimate of drug-likeness (QED) is 0.658. The summed E-state index contributed by atoms with van der Waals surface area (Å²) in [5, 5.41) is 14.7. The molecule has 0 atom stereocenters. The first-order valence-corrected chi connectivity index (χ1v) is 9.44. The number of aromatic nitrogens is 1. The standard InChI is InChI=1S/C21H22FN3O3/c22-16-5-3-15(4-6-16)19(27)2-1-9-24-10-12-25(13-11-24)21-18-14-17(26)7-8-20(18)28-23-21/h3-8,14,26H,1-2,9-13H2. The smallest absolute Gasteiger partial charge is 0.180 e. The molecule has 2 aromatic carbocycles. The Balaban J connectivity index is 1.27. The fourth-order valence-corrected chi connectivity index (χ4v) is 3.57. The number of rotatable bonds is 6. The van der Waals surface area contributed by atoms with Crippen LogP contribution >= 0.6 is 0 Å². The Labute approximate surface area is 162 Å². The van der Waals surface area contributed by atoms with Crippen molar-refractivity contribution in [2.24, 2.45) is 0 Å². The van der Waals surface area contributed by atoms with Gasteiger partial charge in [0.05, 0.1) is 5.39 Å². The molecule has 0 bridgehead atoms. The van der Waals surface area contributed by atoms with Gasteiger partial charge in [0.25, 0.3) is 0 Å². The van der Waals surface area contributed by atoms with E-state index in [0.717, 1.165) is 50.3 Å². The van der Waals surface area contributed by atoms with Crippen LogP contribution in [0.2, 0.25) is 0 Å². The topological polar surface area (TPSA) is 69.8 Å². The highest BCUT2D eigenvalue weighted by Gasteiger charge is 2.22. The van der Waals surface area contributed by atoms with E-state index in [1.54, 1.807) is 18.2 Å². The summed E-state index contributed by atoms with van der Waals surface area (Å²) in [6.07, 6.45) is 1.23. The molecule has 28 heavy (non-hydrogen) atoms. The van der Waals surface area contributed by atoms with Crippen molar-refractivity contribution in [3.05, 3.63) is 53.8 Å². The van der Waals surface area contributed by atoms with Gasteiger partial charge in [0.1, 0.15) is 11.6 Å². The number of Topliss-reactive ketones (excluding diaryl/α,β-unsaturated/α-hetero) is 1. The van der Waals surface area contributed by atoms with E-state index in [0.29, 0.717) is 17.6 Å². The van der Waals surface area contributed by atoms with Crippen LogP contribution in [-0.2, 0) is 0 Å². The van der Waals surface area contributed by atoms with Crippen molar-refractivity contribution in [3.8, 4) is 5.75 Å². The fourth-order valence-electron chi connectivity index (χ4n) is 3.57. The molecule has 0 spiro atoms. The zero-order valence-electron chi connectivity index (χ0n) is 15.5. The number of benzene rings is 2. The van der Waals surface area contributed by atoms with Crippen molar-refractivity contribution in [1.29, 1.82) is 0 Å². The number of hydrogen-bond acceptors (Lipinski definition) is 6. The average molecular weight is 383 g/mol. The molecular weight excluding hydrogens is 361 g/mol. The highest BCUT2D eigenvalue weighted by Crippen LogP contribution is 2.29. The second kappa shape index (κ2) is 7.98. The van der Waals surface area contributed by atoms with Crippen molar-refractivity contribution in [2.45, 2.75) is 12.8 Å². The summed E-state index contributed by atoms with van der Waals surface area (Å²) >= 11 is 0. The number of anilines is 1. The van der Waals surface area contributed by atoms with E-state index in [1.807, 2.05) is 0 Å². The molecule has 146 valence electrons. The van der Waals surface area contributed by atoms with Gasteiger partial charge in [0.2, 0.25) is 0 Å². The molecule has 3 aromatic rings. The van der Waals surface area contributed by atoms with Crippen molar-refractivity contribution in [2.75, 3.05) is 37.6 Å². The van der Waals surface area contributed by atoms with E-state index in [-0.39, 0.29) is 17.3 Å². The van der Waals surface area contributed by atoms with E-state index >= 15 is 0 Å². The molecule has 1 saturated heterocycles. The van der Waals surface area contributed by atoms with Crippen LogP contribution in [0.25, 0.3) is 11.0 Å². The number of ketones is 1. The van der Waals surface area contributed by atoms with Crippen molar-refractivity contribution in [1.82, 2.24) is 10.1 Å². The minimum absolute atomic E-state index is 0.0486. The van der Waals surface area contributed by atoms with Crippen LogP contribution in [0.5, 0.6) is 5.75 Å². The van der Waals surface area contributed by atoms with Gasteiger partial charge in [-0.15, -0.1) is 0 Å². The first-order chi connectivity index (χ1) is 13.6.